The lowest BCUT2D eigenvalue weighted by molar-refractivity contribution is -0.384. The van der Waals surface area contributed by atoms with Gasteiger partial charge in [-0.1, -0.05) is 0 Å². The van der Waals surface area contributed by atoms with Gasteiger partial charge in [0.05, 0.1) is 22.6 Å². The van der Waals surface area contributed by atoms with E-state index in [0.717, 1.165) is 5.56 Å². The standard InChI is InChI=1S/C19H20N4O5/c1-4-28-18(25)22-19(2,3)11-7-12(20-10-11)8-15-14-9-13(23(26)27)5-6-16(14)21-17(15)24/h5-10,20H,4H2,1-3H3,(H,21,24)(H,22,25). The fourth-order valence-corrected chi connectivity index (χ4v) is 2.94. The number of carbonyl (C=O) groups is 2. The summed E-state index contributed by atoms with van der Waals surface area (Å²) in [5, 5.41) is 16.5. The highest BCUT2D eigenvalue weighted by molar-refractivity contribution is 6.35. The number of alkyl carbamates (subject to hydrolysis) is 1. The van der Waals surface area contributed by atoms with Crippen LogP contribution < -0.4 is 10.6 Å². The number of amides is 2. The third-order valence-corrected chi connectivity index (χ3v) is 4.41. The first kappa shape index (κ1) is 19.2. The summed E-state index contributed by atoms with van der Waals surface area (Å²) in [6.07, 6.45) is 2.82. The van der Waals surface area contributed by atoms with E-state index >= 15 is 0 Å². The minimum atomic E-state index is -0.700. The fourth-order valence-electron chi connectivity index (χ4n) is 2.94. The van der Waals surface area contributed by atoms with Gasteiger partial charge in [0.15, 0.2) is 0 Å². The van der Waals surface area contributed by atoms with Crippen LogP contribution in [-0.4, -0.2) is 28.5 Å². The predicted molar refractivity (Wildman–Crippen MR) is 104 cm³/mol. The molecule has 1 aliphatic heterocycles. The summed E-state index contributed by atoms with van der Waals surface area (Å²) in [4.78, 5) is 37.6. The molecule has 1 aromatic carbocycles. The molecule has 3 N–H and O–H groups in total. The summed E-state index contributed by atoms with van der Waals surface area (Å²) in [6.45, 7) is 5.64. The zero-order chi connectivity index (χ0) is 20.5. The lowest BCUT2D eigenvalue weighted by atomic mass is 9.97. The average Bonchev–Trinajstić information content (AvgIpc) is 3.20. The number of hydrogen-bond acceptors (Lipinski definition) is 5. The van der Waals surface area contributed by atoms with Crippen molar-refractivity contribution in [3.8, 4) is 0 Å². The Balaban J connectivity index is 1.90. The quantitative estimate of drug-likeness (QED) is 0.414. The summed E-state index contributed by atoms with van der Waals surface area (Å²) in [5.41, 5.74) is 1.94. The molecule has 9 nitrogen and oxygen atoms in total. The Kier molecular flexibility index (Phi) is 4.91. The van der Waals surface area contributed by atoms with Crippen LogP contribution >= 0.6 is 0 Å². The van der Waals surface area contributed by atoms with Crippen molar-refractivity contribution < 1.29 is 19.2 Å². The molecule has 2 amide bonds. The van der Waals surface area contributed by atoms with Crippen LogP contribution in [0.2, 0.25) is 0 Å². The van der Waals surface area contributed by atoms with Crippen LogP contribution in [-0.2, 0) is 15.1 Å². The Morgan fingerprint density at radius 1 is 1.36 bits per heavy atom. The SMILES string of the molecule is CCOC(=O)NC(C)(C)c1c[nH]c(C=C2C(=O)Nc3ccc([N+](=O)[O-])cc32)c1. The molecule has 0 aliphatic carbocycles. The van der Waals surface area contributed by atoms with Gasteiger partial charge in [0.2, 0.25) is 0 Å². The lowest BCUT2D eigenvalue weighted by Crippen LogP contribution is -2.41. The number of anilines is 1. The van der Waals surface area contributed by atoms with Crippen molar-refractivity contribution in [1.82, 2.24) is 10.3 Å². The number of hydrogen-bond donors (Lipinski definition) is 3. The first-order valence-corrected chi connectivity index (χ1v) is 8.67. The van der Waals surface area contributed by atoms with Gasteiger partial charge in [-0.3, -0.25) is 14.9 Å². The van der Waals surface area contributed by atoms with Crippen LogP contribution in [0.15, 0.2) is 30.5 Å². The van der Waals surface area contributed by atoms with Crippen LogP contribution in [0, 0.1) is 10.1 Å². The molecule has 0 fully saturated rings. The molecule has 1 aromatic heterocycles. The zero-order valence-electron chi connectivity index (χ0n) is 15.7. The van der Waals surface area contributed by atoms with E-state index in [9.17, 15) is 19.7 Å². The fraction of sp³-hybridized carbons (Fsp3) is 0.263. The van der Waals surface area contributed by atoms with Crippen molar-refractivity contribution >= 4 is 35.0 Å². The number of nitro benzene ring substituents is 1. The Morgan fingerprint density at radius 3 is 2.79 bits per heavy atom. The molecule has 3 rings (SSSR count). The topological polar surface area (TPSA) is 126 Å². The van der Waals surface area contributed by atoms with Crippen molar-refractivity contribution in [2.75, 3.05) is 11.9 Å². The van der Waals surface area contributed by atoms with Crippen molar-refractivity contribution in [2.45, 2.75) is 26.3 Å². The number of aromatic amines is 1. The maximum Gasteiger partial charge on any atom is 0.407 e. The summed E-state index contributed by atoms with van der Waals surface area (Å²) in [7, 11) is 0. The Hall–Kier alpha value is -3.62. The number of nitrogens with zero attached hydrogens (tertiary/aromatic N) is 1. The van der Waals surface area contributed by atoms with Gasteiger partial charge in [0, 0.05) is 35.3 Å². The van der Waals surface area contributed by atoms with Crippen LogP contribution in [0.25, 0.3) is 11.6 Å². The van der Waals surface area contributed by atoms with Gasteiger partial charge < -0.3 is 20.4 Å². The normalized spacial score (nSPS) is 14.5. The molecule has 1 aliphatic rings. The van der Waals surface area contributed by atoms with Crippen LogP contribution in [0.3, 0.4) is 0 Å². The third kappa shape index (κ3) is 3.73. The van der Waals surface area contributed by atoms with E-state index in [0.29, 0.717) is 22.5 Å². The Bertz CT molecular complexity index is 990. The number of nitro groups is 1. The molecular formula is C19H20N4O5. The number of ether oxygens (including phenoxy) is 1. The highest BCUT2D eigenvalue weighted by Crippen LogP contribution is 2.35. The predicted octanol–water partition coefficient (Wildman–Crippen LogP) is 3.40. The van der Waals surface area contributed by atoms with E-state index in [4.69, 9.17) is 4.74 Å². The average molecular weight is 384 g/mol. The van der Waals surface area contributed by atoms with Crippen LogP contribution in [0.5, 0.6) is 0 Å². The molecular weight excluding hydrogens is 364 g/mol. The highest BCUT2D eigenvalue weighted by atomic mass is 16.6. The second kappa shape index (κ2) is 7.18. The van der Waals surface area contributed by atoms with Gasteiger partial charge in [-0.2, -0.15) is 0 Å². The molecule has 146 valence electrons. The van der Waals surface area contributed by atoms with Crippen molar-refractivity contribution in [3.63, 3.8) is 0 Å². The second-order valence-corrected chi connectivity index (χ2v) is 6.81. The van der Waals surface area contributed by atoms with Crippen molar-refractivity contribution in [1.29, 1.82) is 0 Å². The van der Waals surface area contributed by atoms with E-state index < -0.39 is 16.6 Å². The van der Waals surface area contributed by atoms with E-state index in [1.807, 2.05) is 13.8 Å². The van der Waals surface area contributed by atoms with Crippen LogP contribution in [0.1, 0.15) is 37.6 Å². The molecule has 0 radical (unpaired) electrons. The maximum atomic E-state index is 12.3. The van der Waals surface area contributed by atoms with E-state index in [2.05, 4.69) is 15.6 Å². The number of non-ortho nitro benzene ring substituents is 1. The smallest absolute Gasteiger partial charge is 0.407 e. The minimum Gasteiger partial charge on any atom is -0.450 e. The minimum absolute atomic E-state index is 0.0897. The number of carbonyl (C=O) groups excluding carboxylic acids is 2. The molecule has 28 heavy (non-hydrogen) atoms. The monoisotopic (exact) mass is 384 g/mol. The second-order valence-electron chi connectivity index (χ2n) is 6.81. The largest absolute Gasteiger partial charge is 0.450 e. The van der Waals surface area contributed by atoms with E-state index in [1.165, 1.54) is 18.2 Å². The Morgan fingerprint density at radius 2 is 2.11 bits per heavy atom. The van der Waals surface area contributed by atoms with Gasteiger partial charge in [0.25, 0.3) is 11.6 Å². The zero-order valence-corrected chi connectivity index (χ0v) is 15.7. The first-order chi connectivity index (χ1) is 13.2. The highest BCUT2D eigenvalue weighted by Gasteiger charge is 2.28. The molecule has 0 unspecified atom stereocenters. The lowest BCUT2D eigenvalue weighted by Gasteiger charge is -2.24. The van der Waals surface area contributed by atoms with Crippen molar-refractivity contribution in [3.05, 3.63) is 57.4 Å². The van der Waals surface area contributed by atoms with Gasteiger partial charge in [-0.15, -0.1) is 0 Å². The molecule has 0 spiro atoms. The molecule has 0 saturated carbocycles. The van der Waals surface area contributed by atoms with Gasteiger partial charge in [-0.05, 0) is 44.5 Å². The molecule has 0 bridgehead atoms. The number of aromatic nitrogens is 1. The third-order valence-electron chi connectivity index (χ3n) is 4.41. The van der Waals surface area contributed by atoms with Crippen molar-refractivity contribution in [2.24, 2.45) is 0 Å². The number of benzene rings is 1. The number of fused-ring (bicyclic) bond motifs is 1. The van der Waals surface area contributed by atoms with Gasteiger partial charge in [0.1, 0.15) is 0 Å². The van der Waals surface area contributed by atoms with E-state index in [-0.39, 0.29) is 18.2 Å². The van der Waals surface area contributed by atoms with Gasteiger partial charge in [-0.25, -0.2) is 4.79 Å². The number of nitrogens with one attached hydrogen (secondary N) is 3. The number of H-pyrrole nitrogens is 1. The Labute approximate surface area is 160 Å². The summed E-state index contributed by atoms with van der Waals surface area (Å²) >= 11 is 0. The summed E-state index contributed by atoms with van der Waals surface area (Å²) in [6, 6.07) is 6.02. The molecule has 0 saturated heterocycles. The maximum absolute atomic E-state index is 12.3. The van der Waals surface area contributed by atoms with Crippen LogP contribution in [0.4, 0.5) is 16.2 Å². The molecule has 9 heteroatoms. The summed E-state index contributed by atoms with van der Waals surface area (Å²) in [5.74, 6) is -0.337. The summed E-state index contributed by atoms with van der Waals surface area (Å²) < 4.78 is 4.92. The number of rotatable bonds is 5. The molecule has 2 aromatic rings. The first-order valence-electron chi connectivity index (χ1n) is 8.67. The van der Waals surface area contributed by atoms with Gasteiger partial charge >= 0.3 is 6.09 Å². The molecule has 0 atom stereocenters. The molecule has 2 heterocycles. The van der Waals surface area contributed by atoms with E-state index in [1.54, 1.807) is 25.3 Å².